The highest BCUT2D eigenvalue weighted by molar-refractivity contribution is 5.85. The van der Waals surface area contributed by atoms with Crippen molar-refractivity contribution in [3.8, 4) is 0 Å². The molecule has 1 N–H and O–H groups in total. The van der Waals surface area contributed by atoms with Crippen molar-refractivity contribution in [2.45, 2.75) is 32.3 Å². The first-order valence-corrected chi connectivity index (χ1v) is 6.43. The topological polar surface area (TPSA) is 79.7 Å². The number of carbonyl (C=O) groups is 2. The number of amides is 1. The number of aromatic carboxylic acids is 1. The molecule has 108 valence electrons. The summed E-state index contributed by atoms with van der Waals surface area (Å²) < 4.78 is 5.27. The number of likely N-dealkylation sites (tertiary alicyclic amines) is 1. The molecule has 1 saturated heterocycles. The van der Waals surface area contributed by atoms with E-state index in [4.69, 9.17) is 9.84 Å². The highest BCUT2D eigenvalue weighted by Gasteiger charge is 2.34. The molecule has 0 saturated carbocycles. The van der Waals surface area contributed by atoms with Gasteiger partial charge in [-0.3, -0.25) is 0 Å². The van der Waals surface area contributed by atoms with Crippen LogP contribution in [0.3, 0.4) is 0 Å². The summed E-state index contributed by atoms with van der Waals surface area (Å²) in [5.41, 5.74) is 0.472. The largest absolute Gasteiger partial charge is 0.477 e. The Hall–Kier alpha value is -2.11. The Labute approximate surface area is 117 Å². The average Bonchev–Trinajstić information content (AvgIpc) is 2.25. The van der Waals surface area contributed by atoms with Crippen molar-refractivity contribution in [3.63, 3.8) is 0 Å². The molecule has 2 heterocycles. The van der Waals surface area contributed by atoms with Gasteiger partial charge in [0.2, 0.25) is 0 Å². The first-order valence-electron chi connectivity index (χ1n) is 6.43. The SMILES string of the molecule is CC(C)(C)OC(=O)N1CC(c2ccc(C(=O)O)nc2)C1. The number of hydrogen-bond acceptors (Lipinski definition) is 4. The summed E-state index contributed by atoms with van der Waals surface area (Å²) in [7, 11) is 0. The van der Waals surface area contributed by atoms with Gasteiger partial charge in [0, 0.05) is 25.2 Å². The van der Waals surface area contributed by atoms with Crippen molar-refractivity contribution in [3.05, 3.63) is 29.6 Å². The fourth-order valence-electron chi connectivity index (χ4n) is 1.94. The molecule has 0 atom stereocenters. The quantitative estimate of drug-likeness (QED) is 0.896. The summed E-state index contributed by atoms with van der Waals surface area (Å²) >= 11 is 0. The molecule has 1 aromatic heterocycles. The summed E-state index contributed by atoms with van der Waals surface area (Å²) in [6.45, 7) is 6.64. The van der Waals surface area contributed by atoms with E-state index in [1.165, 1.54) is 6.07 Å². The van der Waals surface area contributed by atoms with Gasteiger partial charge in [0.25, 0.3) is 0 Å². The van der Waals surface area contributed by atoms with Gasteiger partial charge in [-0.1, -0.05) is 6.07 Å². The van der Waals surface area contributed by atoms with E-state index in [-0.39, 0.29) is 17.7 Å². The first-order chi connectivity index (χ1) is 9.26. The van der Waals surface area contributed by atoms with Gasteiger partial charge in [0.15, 0.2) is 0 Å². The molecule has 0 radical (unpaired) electrons. The predicted molar refractivity (Wildman–Crippen MR) is 71.7 cm³/mol. The molecular formula is C14H18N2O4. The number of pyridine rings is 1. The Morgan fingerprint density at radius 3 is 2.45 bits per heavy atom. The van der Waals surface area contributed by atoms with Gasteiger partial charge in [-0.05, 0) is 32.4 Å². The molecule has 1 aliphatic rings. The lowest BCUT2D eigenvalue weighted by atomic mass is 9.93. The van der Waals surface area contributed by atoms with Crippen LogP contribution in [0.4, 0.5) is 4.79 Å². The Balaban J connectivity index is 1.90. The van der Waals surface area contributed by atoms with Crippen LogP contribution in [0.5, 0.6) is 0 Å². The summed E-state index contributed by atoms with van der Waals surface area (Å²) in [6.07, 6.45) is 1.24. The molecule has 0 bridgehead atoms. The molecule has 0 aliphatic carbocycles. The van der Waals surface area contributed by atoms with E-state index in [2.05, 4.69) is 4.98 Å². The number of carbonyl (C=O) groups excluding carboxylic acids is 1. The van der Waals surface area contributed by atoms with Crippen LogP contribution in [0.2, 0.25) is 0 Å². The lowest BCUT2D eigenvalue weighted by Gasteiger charge is -2.39. The number of nitrogens with zero attached hydrogens (tertiary/aromatic N) is 2. The third-order valence-corrected chi connectivity index (χ3v) is 3.01. The second kappa shape index (κ2) is 5.11. The molecule has 6 heteroatoms. The Morgan fingerprint density at radius 1 is 1.35 bits per heavy atom. The van der Waals surface area contributed by atoms with E-state index in [9.17, 15) is 9.59 Å². The van der Waals surface area contributed by atoms with Crippen molar-refractivity contribution >= 4 is 12.1 Å². The molecule has 0 spiro atoms. The lowest BCUT2D eigenvalue weighted by molar-refractivity contribution is 0.00816. The number of ether oxygens (including phenoxy) is 1. The van der Waals surface area contributed by atoms with Crippen LogP contribution < -0.4 is 0 Å². The van der Waals surface area contributed by atoms with Crippen molar-refractivity contribution in [2.24, 2.45) is 0 Å². The zero-order valence-corrected chi connectivity index (χ0v) is 11.8. The first kappa shape index (κ1) is 14.3. The maximum atomic E-state index is 11.8. The second-order valence-electron chi connectivity index (χ2n) is 5.86. The summed E-state index contributed by atoms with van der Waals surface area (Å²) in [6, 6.07) is 3.22. The molecular weight excluding hydrogens is 260 g/mol. The van der Waals surface area contributed by atoms with E-state index >= 15 is 0 Å². The highest BCUT2D eigenvalue weighted by Crippen LogP contribution is 2.28. The number of rotatable bonds is 2. The maximum Gasteiger partial charge on any atom is 0.410 e. The summed E-state index contributed by atoms with van der Waals surface area (Å²) in [4.78, 5) is 28.0. The molecule has 6 nitrogen and oxygen atoms in total. The van der Waals surface area contributed by atoms with Crippen LogP contribution >= 0.6 is 0 Å². The second-order valence-corrected chi connectivity index (χ2v) is 5.86. The standard InChI is InChI=1S/C14H18N2O4/c1-14(2,3)20-13(19)16-7-10(8-16)9-4-5-11(12(17)18)15-6-9/h4-6,10H,7-8H2,1-3H3,(H,17,18). The molecule has 20 heavy (non-hydrogen) atoms. The number of carboxylic acids is 1. The van der Waals surface area contributed by atoms with E-state index in [1.807, 2.05) is 20.8 Å². The molecule has 1 aliphatic heterocycles. The molecule has 2 rings (SSSR count). The van der Waals surface area contributed by atoms with Gasteiger partial charge in [0.05, 0.1) is 0 Å². The number of carboxylic acid groups (broad SMARTS) is 1. The van der Waals surface area contributed by atoms with Crippen molar-refractivity contribution in [2.75, 3.05) is 13.1 Å². The normalized spacial score (nSPS) is 15.7. The van der Waals surface area contributed by atoms with Crippen LogP contribution in [0.1, 0.15) is 42.7 Å². The molecule has 0 aromatic carbocycles. The minimum absolute atomic E-state index is 0.0251. The van der Waals surface area contributed by atoms with Crippen LogP contribution in [0.25, 0.3) is 0 Å². The van der Waals surface area contributed by atoms with Crippen molar-refractivity contribution < 1.29 is 19.4 Å². The summed E-state index contributed by atoms with van der Waals surface area (Å²) in [5.74, 6) is -0.849. The van der Waals surface area contributed by atoms with Gasteiger partial charge in [-0.25, -0.2) is 14.6 Å². The van der Waals surface area contributed by atoms with Gasteiger partial charge >= 0.3 is 12.1 Å². The zero-order chi connectivity index (χ0) is 14.9. The lowest BCUT2D eigenvalue weighted by Crippen LogP contribution is -2.50. The monoisotopic (exact) mass is 278 g/mol. The maximum absolute atomic E-state index is 11.8. The van der Waals surface area contributed by atoms with E-state index < -0.39 is 11.6 Å². The van der Waals surface area contributed by atoms with Crippen molar-refractivity contribution in [1.29, 1.82) is 0 Å². The smallest absolute Gasteiger partial charge is 0.410 e. The molecule has 1 aromatic rings. The van der Waals surface area contributed by atoms with Crippen LogP contribution in [0, 0.1) is 0 Å². The minimum Gasteiger partial charge on any atom is -0.477 e. The fourth-order valence-corrected chi connectivity index (χ4v) is 1.94. The Bertz CT molecular complexity index is 513. The highest BCUT2D eigenvalue weighted by atomic mass is 16.6. The van der Waals surface area contributed by atoms with Crippen molar-refractivity contribution in [1.82, 2.24) is 9.88 Å². The predicted octanol–water partition coefficient (Wildman–Crippen LogP) is 2.11. The van der Waals surface area contributed by atoms with Crippen LogP contribution in [0.15, 0.2) is 18.3 Å². The van der Waals surface area contributed by atoms with Crippen LogP contribution in [-0.4, -0.2) is 45.7 Å². The van der Waals surface area contributed by atoms with E-state index in [0.717, 1.165) is 5.56 Å². The Morgan fingerprint density at radius 2 is 2.00 bits per heavy atom. The minimum atomic E-state index is -1.04. The summed E-state index contributed by atoms with van der Waals surface area (Å²) in [5, 5.41) is 8.78. The van der Waals surface area contributed by atoms with E-state index in [0.29, 0.717) is 13.1 Å². The van der Waals surface area contributed by atoms with Crippen LogP contribution in [-0.2, 0) is 4.74 Å². The average molecular weight is 278 g/mol. The van der Waals surface area contributed by atoms with E-state index in [1.54, 1.807) is 17.2 Å². The van der Waals surface area contributed by atoms with Gasteiger partial charge < -0.3 is 14.7 Å². The zero-order valence-electron chi connectivity index (χ0n) is 11.8. The number of aromatic nitrogens is 1. The number of hydrogen-bond donors (Lipinski definition) is 1. The molecule has 1 fully saturated rings. The van der Waals surface area contributed by atoms with Gasteiger partial charge in [-0.2, -0.15) is 0 Å². The fraction of sp³-hybridized carbons (Fsp3) is 0.500. The third-order valence-electron chi connectivity index (χ3n) is 3.01. The molecule has 1 amide bonds. The van der Waals surface area contributed by atoms with Gasteiger partial charge in [-0.15, -0.1) is 0 Å². The third kappa shape index (κ3) is 3.26. The Kier molecular flexibility index (Phi) is 3.65. The molecule has 0 unspecified atom stereocenters. The van der Waals surface area contributed by atoms with Gasteiger partial charge in [0.1, 0.15) is 11.3 Å².